The molecule has 0 bridgehead atoms. The maximum Gasteiger partial charge on any atom is 0.274 e. The number of hydrogen-bond donors (Lipinski definition) is 0. The van der Waals surface area contributed by atoms with Crippen LogP contribution in [0, 0.1) is 58.5 Å². The lowest BCUT2D eigenvalue weighted by molar-refractivity contribution is 1.18. The number of nitrogens with zero attached hydrogens (tertiary/aromatic N) is 11. The molecule has 0 radical (unpaired) electrons. The van der Waals surface area contributed by atoms with Crippen molar-refractivity contribution in [2.75, 3.05) is 0 Å². The highest BCUT2D eigenvalue weighted by atomic mass is 15.0. The van der Waals surface area contributed by atoms with Gasteiger partial charge in [0.2, 0.25) is 5.69 Å². The van der Waals surface area contributed by atoms with Gasteiger partial charge in [-0.05, 0) is 0 Å². The molecular formula is C19HN11. The zero-order chi connectivity index (χ0) is 21.4. The molecule has 0 amide bonds. The van der Waals surface area contributed by atoms with Crippen molar-refractivity contribution in [1.29, 1.82) is 21.0 Å². The van der Waals surface area contributed by atoms with Gasteiger partial charge in [0.25, 0.3) is 5.82 Å². The predicted molar refractivity (Wildman–Crippen MR) is 99.3 cm³/mol. The summed E-state index contributed by atoms with van der Waals surface area (Å²) in [4.78, 5) is 27.4. The third-order valence-corrected chi connectivity index (χ3v) is 4.13. The molecule has 0 fully saturated rings. The van der Waals surface area contributed by atoms with Crippen molar-refractivity contribution < 1.29 is 0 Å². The molecule has 1 aromatic carbocycles. The molecule has 4 aromatic rings. The Morgan fingerprint density at radius 1 is 0.600 bits per heavy atom. The average Bonchev–Trinajstić information content (AvgIpc) is 2.81. The number of nitriles is 4. The Labute approximate surface area is 167 Å². The SMILES string of the molecule is [C-]#[N+]c1cc2c3nc(C#N)c(C#N)nc3c3nc(C#N)c(C#N)nc3c2nc1[N+]#[C-]. The van der Waals surface area contributed by atoms with Crippen LogP contribution in [-0.4, -0.2) is 24.9 Å². The van der Waals surface area contributed by atoms with Crippen LogP contribution in [0.4, 0.5) is 11.5 Å². The zero-order valence-electron chi connectivity index (χ0n) is 14.5. The first-order chi connectivity index (χ1) is 14.6. The van der Waals surface area contributed by atoms with Crippen molar-refractivity contribution in [3.05, 3.63) is 51.7 Å². The van der Waals surface area contributed by atoms with Crippen LogP contribution in [0.15, 0.2) is 6.07 Å². The van der Waals surface area contributed by atoms with E-state index in [2.05, 4.69) is 34.6 Å². The zero-order valence-corrected chi connectivity index (χ0v) is 14.5. The van der Waals surface area contributed by atoms with Crippen LogP contribution < -0.4 is 0 Å². The Kier molecular flexibility index (Phi) is 3.79. The molecule has 30 heavy (non-hydrogen) atoms. The minimum atomic E-state index is -0.265. The highest BCUT2D eigenvalue weighted by Gasteiger charge is 2.23. The molecule has 11 heteroatoms. The summed E-state index contributed by atoms with van der Waals surface area (Å²) in [6.45, 7) is 14.6. The lowest BCUT2D eigenvalue weighted by Crippen LogP contribution is -2.02. The van der Waals surface area contributed by atoms with E-state index in [1.165, 1.54) is 6.07 Å². The van der Waals surface area contributed by atoms with Crippen LogP contribution in [0.3, 0.4) is 0 Å². The van der Waals surface area contributed by atoms with Gasteiger partial charge in [-0.2, -0.15) is 21.0 Å². The molecule has 3 heterocycles. The minimum absolute atomic E-state index is 0.0283. The Bertz CT molecular complexity index is 1350. The first-order valence-corrected chi connectivity index (χ1v) is 7.85. The van der Waals surface area contributed by atoms with Crippen molar-refractivity contribution in [3.8, 4) is 24.3 Å². The van der Waals surface area contributed by atoms with Gasteiger partial charge in [0, 0.05) is 5.39 Å². The van der Waals surface area contributed by atoms with E-state index in [1.54, 1.807) is 24.3 Å². The van der Waals surface area contributed by atoms with Gasteiger partial charge in [-0.3, -0.25) is 0 Å². The molecule has 0 atom stereocenters. The molecule has 0 spiro atoms. The van der Waals surface area contributed by atoms with Gasteiger partial charge >= 0.3 is 0 Å². The van der Waals surface area contributed by atoms with Crippen LogP contribution in [0.2, 0.25) is 0 Å². The highest BCUT2D eigenvalue weighted by Crippen LogP contribution is 2.37. The Morgan fingerprint density at radius 3 is 1.40 bits per heavy atom. The number of benzene rings is 1. The molecule has 0 aliphatic heterocycles. The first kappa shape index (κ1) is 17.7. The maximum atomic E-state index is 9.31. The van der Waals surface area contributed by atoms with Gasteiger partial charge in [-0.15, -0.1) is 4.98 Å². The second-order valence-corrected chi connectivity index (χ2v) is 5.63. The van der Waals surface area contributed by atoms with Crippen molar-refractivity contribution in [1.82, 2.24) is 24.9 Å². The Balaban J connectivity index is 2.42. The molecule has 0 saturated heterocycles. The molecule has 11 nitrogen and oxygen atoms in total. The molecule has 4 rings (SSSR count). The van der Waals surface area contributed by atoms with Crippen LogP contribution in [0.5, 0.6) is 0 Å². The molecule has 0 saturated carbocycles. The van der Waals surface area contributed by atoms with Crippen LogP contribution in [0.1, 0.15) is 22.8 Å². The quantitative estimate of drug-likeness (QED) is 0.327. The van der Waals surface area contributed by atoms with E-state index in [-0.39, 0.29) is 67.3 Å². The summed E-state index contributed by atoms with van der Waals surface area (Å²) in [5, 5.41) is 37.5. The van der Waals surface area contributed by atoms with E-state index in [0.717, 1.165) is 0 Å². The van der Waals surface area contributed by atoms with E-state index in [4.69, 9.17) is 13.1 Å². The number of hydrogen-bond acceptors (Lipinski definition) is 9. The fourth-order valence-electron chi connectivity index (χ4n) is 2.88. The Hall–Kier alpha value is -5.75. The highest BCUT2D eigenvalue weighted by molar-refractivity contribution is 6.20. The summed E-state index contributed by atoms with van der Waals surface area (Å²) in [6, 6.07) is 8.48. The number of aromatic nitrogens is 5. The van der Waals surface area contributed by atoms with E-state index in [0.29, 0.717) is 0 Å². The third kappa shape index (κ3) is 2.29. The van der Waals surface area contributed by atoms with Crippen LogP contribution in [0.25, 0.3) is 42.7 Å². The van der Waals surface area contributed by atoms with Gasteiger partial charge < -0.3 is 4.85 Å². The standard InChI is InChI=1S/C19HN11/c1-24-9-3-8-14-16(27-11(5-21)10(4-20)26-14)18-17(15(8)30-19(9)25-2)28-12(6-22)13(7-23)29-18/h3H. The number of pyridine rings is 1. The largest absolute Gasteiger partial charge is 0.371 e. The molecule has 0 unspecified atom stereocenters. The van der Waals surface area contributed by atoms with Gasteiger partial charge in [0.05, 0.1) is 6.57 Å². The topological polar surface area (TPSA) is 168 Å². The van der Waals surface area contributed by atoms with E-state index >= 15 is 0 Å². The van der Waals surface area contributed by atoms with Crippen molar-refractivity contribution >= 4 is 44.5 Å². The van der Waals surface area contributed by atoms with Gasteiger partial charge in [-0.25, -0.2) is 24.8 Å². The number of fused-ring (bicyclic) bond motifs is 6. The van der Waals surface area contributed by atoms with E-state index < -0.39 is 0 Å². The van der Waals surface area contributed by atoms with Gasteiger partial charge in [0.1, 0.15) is 46.3 Å². The second kappa shape index (κ2) is 6.45. The summed E-state index contributed by atoms with van der Waals surface area (Å²) in [5.74, 6) is -0.190. The van der Waals surface area contributed by atoms with E-state index in [9.17, 15) is 21.0 Å². The Morgan fingerprint density at radius 2 is 1.00 bits per heavy atom. The minimum Gasteiger partial charge on any atom is -0.371 e. The van der Waals surface area contributed by atoms with Crippen molar-refractivity contribution in [2.45, 2.75) is 0 Å². The summed E-state index contributed by atoms with van der Waals surface area (Å²) in [6.07, 6.45) is 0. The van der Waals surface area contributed by atoms with Gasteiger partial charge in [-0.1, -0.05) is 12.6 Å². The molecule has 3 aromatic heterocycles. The summed E-state index contributed by atoms with van der Waals surface area (Å²) >= 11 is 0. The lowest BCUT2D eigenvalue weighted by atomic mass is 10.1. The monoisotopic (exact) mass is 383 g/mol. The van der Waals surface area contributed by atoms with Gasteiger partial charge in [0.15, 0.2) is 28.3 Å². The van der Waals surface area contributed by atoms with E-state index in [1.807, 2.05) is 0 Å². The fraction of sp³-hybridized carbons (Fsp3) is 0. The average molecular weight is 383 g/mol. The first-order valence-electron chi connectivity index (χ1n) is 7.85. The molecule has 132 valence electrons. The molecular weight excluding hydrogens is 382 g/mol. The summed E-state index contributed by atoms with van der Waals surface area (Å²) in [5.41, 5.74) is -0.737. The third-order valence-electron chi connectivity index (χ3n) is 4.13. The molecule has 0 aliphatic rings. The second-order valence-electron chi connectivity index (χ2n) is 5.63. The smallest absolute Gasteiger partial charge is 0.274 e. The molecule has 0 aliphatic carbocycles. The number of rotatable bonds is 0. The van der Waals surface area contributed by atoms with Crippen molar-refractivity contribution in [2.24, 2.45) is 0 Å². The summed E-state index contributed by atoms with van der Waals surface area (Å²) in [7, 11) is 0. The fourth-order valence-corrected chi connectivity index (χ4v) is 2.88. The summed E-state index contributed by atoms with van der Waals surface area (Å²) < 4.78 is 0. The molecule has 0 N–H and O–H groups in total. The predicted octanol–water partition coefficient (Wildman–Crippen LogP) is 2.71. The lowest BCUT2D eigenvalue weighted by Gasteiger charge is -2.08. The van der Waals surface area contributed by atoms with Crippen molar-refractivity contribution in [3.63, 3.8) is 0 Å². The maximum absolute atomic E-state index is 9.31. The normalized spacial score (nSPS) is 9.80. The van der Waals surface area contributed by atoms with Crippen LogP contribution in [-0.2, 0) is 0 Å². The van der Waals surface area contributed by atoms with Crippen LogP contribution >= 0.6 is 0 Å².